The first-order chi connectivity index (χ1) is 9.13. The van der Waals surface area contributed by atoms with Gasteiger partial charge >= 0.3 is 0 Å². The van der Waals surface area contributed by atoms with Crippen molar-refractivity contribution in [3.63, 3.8) is 0 Å². The molecule has 1 aromatic heterocycles. The Bertz CT molecular complexity index is 604. The van der Waals surface area contributed by atoms with Crippen molar-refractivity contribution < 1.29 is 8.78 Å². The van der Waals surface area contributed by atoms with Crippen LogP contribution < -0.4 is 5.73 Å². The number of hydrogen-bond donors (Lipinski definition) is 1. The van der Waals surface area contributed by atoms with Crippen LogP contribution >= 0.6 is 0 Å². The molecule has 0 fully saturated rings. The zero-order chi connectivity index (χ0) is 13.4. The van der Waals surface area contributed by atoms with Gasteiger partial charge in [0.05, 0.1) is 0 Å². The van der Waals surface area contributed by atoms with Crippen LogP contribution in [0.15, 0.2) is 30.6 Å². The van der Waals surface area contributed by atoms with Crippen LogP contribution in [0, 0.1) is 11.6 Å². The predicted octanol–water partition coefficient (Wildman–Crippen LogP) is 3.15. The Morgan fingerprint density at radius 1 is 1.26 bits per heavy atom. The van der Waals surface area contributed by atoms with E-state index in [-0.39, 0.29) is 6.04 Å². The van der Waals surface area contributed by atoms with Gasteiger partial charge in [0.2, 0.25) is 0 Å². The topological polar surface area (TPSA) is 30.9 Å². The third-order valence-corrected chi connectivity index (χ3v) is 3.73. The predicted molar refractivity (Wildman–Crippen MR) is 69.8 cm³/mol. The molecule has 1 heterocycles. The summed E-state index contributed by atoms with van der Waals surface area (Å²) in [6.45, 7) is 0.409. The van der Waals surface area contributed by atoms with Gasteiger partial charge in [-0.2, -0.15) is 0 Å². The Hall–Kier alpha value is -1.68. The van der Waals surface area contributed by atoms with Crippen molar-refractivity contribution in [1.82, 2.24) is 4.57 Å². The number of aromatic nitrogens is 1. The Morgan fingerprint density at radius 2 is 2.11 bits per heavy atom. The zero-order valence-electron chi connectivity index (χ0n) is 10.6. The Balaban J connectivity index is 1.87. The fourth-order valence-electron chi connectivity index (χ4n) is 2.72. The van der Waals surface area contributed by atoms with Crippen LogP contribution in [0.3, 0.4) is 0 Å². The molecule has 2 nitrogen and oxygen atoms in total. The number of benzene rings is 1. The van der Waals surface area contributed by atoms with Crippen molar-refractivity contribution in [2.45, 2.75) is 31.8 Å². The Kier molecular flexibility index (Phi) is 3.11. The summed E-state index contributed by atoms with van der Waals surface area (Å²) in [4.78, 5) is 0. The molecule has 4 heteroatoms. The lowest BCUT2D eigenvalue weighted by molar-refractivity contribution is 0.566. The molecule has 0 amide bonds. The summed E-state index contributed by atoms with van der Waals surface area (Å²) in [7, 11) is 0. The first kappa shape index (κ1) is 12.4. The molecule has 1 aliphatic rings. The van der Waals surface area contributed by atoms with E-state index < -0.39 is 11.6 Å². The van der Waals surface area contributed by atoms with Gasteiger partial charge in [0.15, 0.2) is 0 Å². The second kappa shape index (κ2) is 4.78. The van der Waals surface area contributed by atoms with E-state index in [1.54, 1.807) is 0 Å². The van der Waals surface area contributed by atoms with Gasteiger partial charge in [-0.15, -0.1) is 0 Å². The van der Waals surface area contributed by atoms with Gasteiger partial charge in [0, 0.05) is 36.6 Å². The Labute approximate surface area is 110 Å². The zero-order valence-corrected chi connectivity index (χ0v) is 10.6. The summed E-state index contributed by atoms with van der Waals surface area (Å²) in [6, 6.07) is 3.78. The number of hydrogen-bond acceptors (Lipinski definition) is 1. The van der Waals surface area contributed by atoms with Gasteiger partial charge in [-0.05, 0) is 36.5 Å². The fraction of sp³-hybridized carbons (Fsp3) is 0.333. The van der Waals surface area contributed by atoms with Gasteiger partial charge in [-0.25, -0.2) is 8.78 Å². The van der Waals surface area contributed by atoms with E-state index in [1.165, 1.54) is 17.7 Å². The van der Waals surface area contributed by atoms with Crippen molar-refractivity contribution in [2.24, 2.45) is 5.73 Å². The maximum atomic E-state index is 13.6. The van der Waals surface area contributed by atoms with Crippen molar-refractivity contribution in [1.29, 1.82) is 0 Å². The number of halogens is 2. The summed E-state index contributed by atoms with van der Waals surface area (Å²) >= 11 is 0. The van der Waals surface area contributed by atoms with Crippen molar-refractivity contribution >= 4 is 0 Å². The number of rotatable bonds is 2. The average molecular weight is 262 g/mol. The second-order valence-corrected chi connectivity index (χ2v) is 5.15. The molecular weight excluding hydrogens is 246 g/mol. The maximum Gasteiger partial charge on any atom is 0.131 e. The summed E-state index contributed by atoms with van der Waals surface area (Å²) in [5, 5.41) is 0. The summed E-state index contributed by atoms with van der Waals surface area (Å²) < 4.78 is 28.4. The molecule has 1 aromatic carbocycles. The van der Waals surface area contributed by atoms with Gasteiger partial charge in [-0.3, -0.25) is 0 Å². The van der Waals surface area contributed by atoms with Crippen LogP contribution in [0.25, 0.3) is 0 Å². The normalized spacial score (nSPS) is 18.4. The molecule has 0 saturated carbocycles. The number of aryl methyl sites for hydroxylation is 1. The quantitative estimate of drug-likeness (QED) is 0.885. The molecule has 2 N–H and O–H groups in total. The largest absolute Gasteiger partial charge is 0.349 e. The molecule has 0 saturated heterocycles. The maximum absolute atomic E-state index is 13.6. The minimum Gasteiger partial charge on any atom is -0.349 e. The first-order valence-electron chi connectivity index (χ1n) is 6.51. The van der Waals surface area contributed by atoms with E-state index in [9.17, 15) is 8.78 Å². The molecule has 1 aliphatic carbocycles. The summed E-state index contributed by atoms with van der Waals surface area (Å²) in [5.74, 6) is -1.05. The van der Waals surface area contributed by atoms with Crippen molar-refractivity contribution in [3.8, 4) is 0 Å². The smallest absolute Gasteiger partial charge is 0.131 e. The SMILES string of the molecule is NC1CCCc2cn(Cc3ccc(F)cc3F)cc21. The minimum atomic E-state index is -0.546. The van der Waals surface area contributed by atoms with E-state index in [0.717, 1.165) is 30.9 Å². The third kappa shape index (κ3) is 2.40. The van der Waals surface area contributed by atoms with E-state index in [0.29, 0.717) is 12.1 Å². The lowest BCUT2D eigenvalue weighted by Crippen LogP contribution is -2.15. The number of nitrogens with zero attached hydrogens (tertiary/aromatic N) is 1. The third-order valence-electron chi connectivity index (χ3n) is 3.73. The van der Waals surface area contributed by atoms with Gasteiger partial charge in [0.1, 0.15) is 11.6 Å². The highest BCUT2D eigenvalue weighted by atomic mass is 19.1. The van der Waals surface area contributed by atoms with Gasteiger partial charge in [0.25, 0.3) is 0 Å². The molecule has 3 rings (SSSR count). The monoisotopic (exact) mass is 262 g/mol. The van der Waals surface area contributed by atoms with Crippen LogP contribution in [0.2, 0.25) is 0 Å². The second-order valence-electron chi connectivity index (χ2n) is 5.15. The molecule has 100 valence electrons. The van der Waals surface area contributed by atoms with Crippen LogP contribution in [-0.2, 0) is 13.0 Å². The van der Waals surface area contributed by atoms with E-state index >= 15 is 0 Å². The fourth-order valence-corrected chi connectivity index (χ4v) is 2.72. The van der Waals surface area contributed by atoms with Crippen LogP contribution in [0.1, 0.15) is 35.6 Å². The highest BCUT2D eigenvalue weighted by Gasteiger charge is 2.19. The van der Waals surface area contributed by atoms with E-state index in [4.69, 9.17) is 5.73 Å². The molecule has 1 atom stereocenters. The average Bonchev–Trinajstić information content (AvgIpc) is 2.77. The number of fused-ring (bicyclic) bond motifs is 1. The molecule has 1 unspecified atom stereocenters. The summed E-state index contributed by atoms with van der Waals surface area (Å²) in [6.07, 6.45) is 7.14. The molecule has 0 spiro atoms. The molecule has 2 aromatic rings. The van der Waals surface area contributed by atoms with Crippen molar-refractivity contribution in [2.75, 3.05) is 0 Å². The van der Waals surface area contributed by atoms with E-state index in [1.807, 2.05) is 17.0 Å². The van der Waals surface area contributed by atoms with Crippen LogP contribution in [0.5, 0.6) is 0 Å². The highest BCUT2D eigenvalue weighted by molar-refractivity contribution is 5.31. The van der Waals surface area contributed by atoms with Gasteiger partial charge < -0.3 is 10.3 Å². The first-order valence-corrected chi connectivity index (χ1v) is 6.51. The minimum absolute atomic E-state index is 0.0862. The van der Waals surface area contributed by atoms with E-state index in [2.05, 4.69) is 0 Å². The lowest BCUT2D eigenvalue weighted by atomic mass is 9.92. The van der Waals surface area contributed by atoms with Gasteiger partial charge in [-0.1, -0.05) is 6.07 Å². The van der Waals surface area contributed by atoms with Crippen LogP contribution in [-0.4, -0.2) is 4.57 Å². The standard InChI is InChI=1S/C15H16F2N2/c16-12-5-4-11(14(17)6-12)8-19-7-10-2-1-3-15(18)13(10)9-19/h4-7,9,15H,1-3,8,18H2. The summed E-state index contributed by atoms with van der Waals surface area (Å²) in [5.41, 5.74) is 8.97. The molecular formula is C15H16F2N2. The molecule has 0 aliphatic heterocycles. The number of nitrogens with two attached hydrogens (primary N) is 1. The van der Waals surface area contributed by atoms with Crippen LogP contribution in [0.4, 0.5) is 8.78 Å². The van der Waals surface area contributed by atoms with Crippen molar-refractivity contribution in [3.05, 3.63) is 58.9 Å². The molecule has 0 bridgehead atoms. The molecule has 19 heavy (non-hydrogen) atoms. The highest BCUT2D eigenvalue weighted by Crippen LogP contribution is 2.29. The Morgan fingerprint density at radius 3 is 2.84 bits per heavy atom. The lowest BCUT2D eigenvalue weighted by Gasteiger charge is -2.17. The molecule has 0 radical (unpaired) electrons.